The van der Waals surface area contributed by atoms with Crippen molar-refractivity contribution in [2.75, 3.05) is 23.8 Å². The summed E-state index contributed by atoms with van der Waals surface area (Å²) in [5.74, 6) is 0.0994. The Morgan fingerprint density at radius 1 is 1.17 bits per heavy atom. The van der Waals surface area contributed by atoms with Gasteiger partial charge in [0.1, 0.15) is 11.6 Å². The van der Waals surface area contributed by atoms with Gasteiger partial charge < -0.3 is 15.4 Å². The van der Waals surface area contributed by atoms with E-state index >= 15 is 0 Å². The second-order valence-corrected chi connectivity index (χ2v) is 5.41. The number of amides is 1. The summed E-state index contributed by atoms with van der Waals surface area (Å²) in [5, 5.41) is 5.76. The van der Waals surface area contributed by atoms with Gasteiger partial charge in [0.05, 0.1) is 17.6 Å². The van der Waals surface area contributed by atoms with Crippen LogP contribution in [0.1, 0.15) is 12.8 Å². The highest BCUT2D eigenvalue weighted by atomic mass is 19.1. The number of ether oxygens (including phenoxy) is 1. The number of carbonyl (C=O) groups excluding carboxylic acids is 1. The Morgan fingerprint density at radius 3 is 2.65 bits per heavy atom. The molecule has 6 heteroatoms. The van der Waals surface area contributed by atoms with Crippen LogP contribution in [0.25, 0.3) is 0 Å². The maximum Gasteiger partial charge on any atom is 0.228 e. The van der Waals surface area contributed by atoms with E-state index in [1.165, 1.54) is 6.07 Å². The first-order chi connectivity index (χ1) is 11.2. The molecule has 0 aliphatic carbocycles. The van der Waals surface area contributed by atoms with Crippen molar-refractivity contribution in [3.05, 3.63) is 48.4 Å². The number of nitrogens with zero attached hydrogens (tertiary/aromatic N) is 1. The van der Waals surface area contributed by atoms with E-state index in [-0.39, 0.29) is 17.6 Å². The van der Waals surface area contributed by atoms with Crippen LogP contribution in [0.4, 0.5) is 21.6 Å². The fraction of sp³-hybridized carbons (Fsp3) is 0.294. The van der Waals surface area contributed by atoms with Crippen molar-refractivity contribution in [3.8, 4) is 0 Å². The van der Waals surface area contributed by atoms with Crippen molar-refractivity contribution in [2.45, 2.75) is 12.8 Å². The fourth-order valence-electron chi connectivity index (χ4n) is 2.45. The summed E-state index contributed by atoms with van der Waals surface area (Å²) in [4.78, 5) is 16.3. The molecule has 1 aromatic heterocycles. The largest absolute Gasteiger partial charge is 0.381 e. The zero-order chi connectivity index (χ0) is 16.1. The predicted molar refractivity (Wildman–Crippen MR) is 86.1 cm³/mol. The minimum Gasteiger partial charge on any atom is -0.381 e. The molecule has 1 amide bonds. The molecule has 2 aromatic rings. The van der Waals surface area contributed by atoms with E-state index in [0.717, 1.165) is 12.8 Å². The summed E-state index contributed by atoms with van der Waals surface area (Å²) in [5.41, 5.74) is 1.03. The minimum atomic E-state index is -0.329. The topological polar surface area (TPSA) is 63.2 Å². The Hall–Kier alpha value is -2.47. The third-order valence-electron chi connectivity index (χ3n) is 3.76. The molecule has 1 aliphatic rings. The molecule has 1 saturated heterocycles. The van der Waals surface area contributed by atoms with Crippen LogP contribution in [0.15, 0.2) is 42.6 Å². The molecule has 2 N–H and O–H groups in total. The number of halogens is 1. The van der Waals surface area contributed by atoms with Crippen LogP contribution >= 0.6 is 0 Å². The van der Waals surface area contributed by atoms with Crippen molar-refractivity contribution in [3.63, 3.8) is 0 Å². The highest BCUT2D eigenvalue weighted by Crippen LogP contribution is 2.21. The van der Waals surface area contributed by atoms with Gasteiger partial charge in [-0.2, -0.15) is 0 Å². The number of hydrogen-bond donors (Lipinski definition) is 2. The SMILES string of the molecule is O=C(Nc1ccc(Nc2ccccc2F)cn1)C1CCOCC1. The van der Waals surface area contributed by atoms with Crippen LogP contribution in [0.2, 0.25) is 0 Å². The first-order valence-electron chi connectivity index (χ1n) is 7.58. The van der Waals surface area contributed by atoms with Crippen molar-refractivity contribution in [1.29, 1.82) is 0 Å². The van der Waals surface area contributed by atoms with Gasteiger partial charge in [0.2, 0.25) is 5.91 Å². The standard InChI is InChI=1S/C17H18FN3O2/c18-14-3-1-2-4-15(14)20-13-5-6-16(19-11-13)21-17(22)12-7-9-23-10-8-12/h1-6,11-12,20H,7-10H2,(H,19,21,22). The van der Waals surface area contributed by atoms with E-state index in [9.17, 15) is 9.18 Å². The third-order valence-corrected chi connectivity index (χ3v) is 3.76. The summed E-state index contributed by atoms with van der Waals surface area (Å²) in [6.45, 7) is 1.24. The van der Waals surface area contributed by atoms with Crippen molar-refractivity contribution in [2.24, 2.45) is 5.92 Å². The zero-order valence-corrected chi connectivity index (χ0v) is 12.6. The van der Waals surface area contributed by atoms with E-state index in [1.54, 1.807) is 36.5 Å². The summed E-state index contributed by atoms with van der Waals surface area (Å²) in [6, 6.07) is 9.86. The highest BCUT2D eigenvalue weighted by molar-refractivity contribution is 5.91. The van der Waals surface area contributed by atoms with Gasteiger partial charge in [-0.1, -0.05) is 12.1 Å². The van der Waals surface area contributed by atoms with Gasteiger partial charge in [-0.25, -0.2) is 9.37 Å². The van der Waals surface area contributed by atoms with Gasteiger partial charge in [-0.05, 0) is 37.1 Å². The van der Waals surface area contributed by atoms with Crippen LogP contribution in [-0.4, -0.2) is 24.1 Å². The van der Waals surface area contributed by atoms with Gasteiger partial charge in [0, 0.05) is 19.1 Å². The number of aromatic nitrogens is 1. The van der Waals surface area contributed by atoms with Crippen LogP contribution in [0, 0.1) is 11.7 Å². The summed E-state index contributed by atoms with van der Waals surface area (Å²) in [7, 11) is 0. The number of benzene rings is 1. The monoisotopic (exact) mass is 315 g/mol. The number of hydrogen-bond acceptors (Lipinski definition) is 4. The molecular formula is C17H18FN3O2. The summed E-state index contributed by atoms with van der Waals surface area (Å²) in [6.07, 6.45) is 3.03. The number of carbonyl (C=O) groups is 1. The Bertz CT molecular complexity index is 670. The highest BCUT2D eigenvalue weighted by Gasteiger charge is 2.21. The molecule has 120 valence electrons. The minimum absolute atomic E-state index is 0.0261. The summed E-state index contributed by atoms with van der Waals surface area (Å²) >= 11 is 0. The Kier molecular flexibility index (Phi) is 4.83. The van der Waals surface area contributed by atoms with Crippen molar-refractivity contribution >= 4 is 23.1 Å². The smallest absolute Gasteiger partial charge is 0.228 e. The molecule has 5 nitrogen and oxygen atoms in total. The van der Waals surface area contributed by atoms with Crippen molar-refractivity contribution < 1.29 is 13.9 Å². The second kappa shape index (κ2) is 7.19. The van der Waals surface area contributed by atoms with E-state index in [0.29, 0.717) is 30.4 Å². The number of anilines is 3. The molecule has 0 radical (unpaired) electrons. The van der Waals surface area contributed by atoms with E-state index in [4.69, 9.17) is 4.74 Å². The molecule has 1 aliphatic heterocycles. The molecule has 3 rings (SSSR count). The average Bonchev–Trinajstić information content (AvgIpc) is 2.59. The molecule has 0 spiro atoms. The number of rotatable bonds is 4. The molecule has 0 unspecified atom stereocenters. The van der Waals surface area contributed by atoms with Crippen LogP contribution in [0.5, 0.6) is 0 Å². The first-order valence-corrected chi connectivity index (χ1v) is 7.58. The molecule has 1 fully saturated rings. The lowest BCUT2D eigenvalue weighted by molar-refractivity contribution is -0.122. The lowest BCUT2D eigenvalue weighted by Gasteiger charge is -2.20. The normalized spacial score (nSPS) is 15.2. The zero-order valence-electron chi connectivity index (χ0n) is 12.6. The van der Waals surface area contributed by atoms with Crippen LogP contribution < -0.4 is 10.6 Å². The number of pyridine rings is 1. The molecule has 0 bridgehead atoms. The average molecular weight is 315 g/mol. The van der Waals surface area contributed by atoms with Gasteiger partial charge >= 0.3 is 0 Å². The number of nitrogens with one attached hydrogen (secondary N) is 2. The first kappa shape index (κ1) is 15.4. The van der Waals surface area contributed by atoms with Gasteiger partial charge in [-0.15, -0.1) is 0 Å². The summed E-state index contributed by atoms with van der Waals surface area (Å²) < 4.78 is 18.8. The maximum atomic E-state index is 13.6. The molecule has 0 saturated carbocycles. The van der Waals surface area contributed by atoms with Gasteiger partial charge in [0.25, 0.3) is 0 Å². The van der Waals surface area contributed by atoms with Gasteiger partial charge in [-0.3, -0.25) is 4.79 Å². The van der Waals surface area contributed by atoms with Crippen LogP contribution in [0.3, 0.4) is 0 Å². The Labute approximate surface area is 133 Å². The Balaban J connectivity index is 1.60. The van der Waals surface area contributed by atoms with Crippen molar-refractivity contribution in [1.82, 2.24) is 4.98 Å². The van der Waals surface area contributed by atoms with E-state index in [2.05, 4.69) is 15.6 Å². The molecule has 23 heavy (non-hydrogen) atoms. The van der Waals surface area contributed by atoms with Gasteiger partial charge in [0.15, 0.2) is 0 Å². The fourth-order valence-corrected chi connectivity index (χ4v) is 2.45. The maximum absolute atomic E-state index is 13.6. The van der Waals surface area contributed by atoms with E-state index in [1.807, 2.05) is 0 Å². The molecule has 0 atom stereocenters. The second-order valence-electron chi connectivity index (χ2n) is 5.41. The molecule has 2 heterocycles. The lowest BCUT2D eigenvalue weighted by Crippen LogP contribution is -2.28. The third kappa shape index (κ3) is 4.04. The molecule has 1 aromatic carbocycles. The van der Waals surface area contributed by atoms with E-state index < -0.39 is 0 Å². The lowest BCUT2D eigenvalue weighted by atomic mass is 9.99. The predicted octanol–water partition coefficient (Wildman–Crippen LogP) is 3.33. The quantitative estimate of drug-likeness (QED) is 0.908. The molecular weight excluding hydrogens is 297 g/mol. The Morgan fingerprint density at radius 2 is 1.96 bits per heavy atom. The van der Waals surface area contributed by atoms with Crippen LogP contribution in [-0.2, 0) is 9.53 Å². The number of para-hydroxylation sites is 1.